The molecule has 7 heteroatoms. The minimum atomic E-state index is -0.449. The standard InChI is InChI=1S/C18H18N4O3/c1-24-16-8-3-2-6-14(16)17(15-7-4-5-10-19-15)21-18(23)20-12-13-9-11-25-22-13/h2-11,17H,12H2,1H3,(H2,20,21,23). The van der Waals surface area contributed by atoms with E-state index in [0.29, 0.717) is 17.1 Å². The van der Waals surface area contributed by atoms with Gasteiger partial charge >= 0.3 is 6.03 Å². The molecule has 25 heavy (non-hydrogen) atoms. The lowest BCUT2D eigenvalue weighted by Crippen LogP contribution is -2.38. The van der Waals surface area contributed by atoms with Crippen molar-refractivity contribution in [3.63, 3.8) is 0 Å². The lowest BCUT2D eigenvalue weighted by Gasteiger charge is -2.21. The van der Waals surface area contributed by atoms with Gasteiger partial charge in [0.2, 0.25) is 0 Å². The minimum absolute atomic E-state index is 0.267. The summed E-state index contributed by atoms with van der Waals surface area (Å²) in [6.45, 7) is 0.267. The van der Waals surface area contributed by atoms with Gasteiger partial charge in [-0.2, -0.15) is 0 Å². The zero-order chi connectivity index (χ0) is 17.5. The topological polar surface area (TPSA) is 89.3 Å². The summed E-state index contributed by atoms with van der Waals surface area (Å²) in [6.07, 6.45) is 3.15. The van der Waals surface area contributed by atoms with Crippen molar-refractivity contribution in [1.82, 2.24) is 20.8 Å². The van der Waals surface area contributed by atoms with E-state index in [9.17, 15) is 4.79 Å². The average Bonchev–Trinajstić information content (AvgIpc) is 3.19. The number of hydrogen-bond donors (Lipinski definition) is 2. The molecule has 1 aromatic carbocycles. The highest BCUT2D eigenvalue weighted by atomic mass is 16.5. The van der Waals surface area contributed by atoms with Gasteiger partial charge in [0.1, 0.15) is 23.7 Å². The first-order valence-electron chi connectivity index (χ1n) is 7.75. The van der Waals surface area contributed by atoms with Crippen LogP contribution in [0, 0.1) is 0 Å². The molecule has 7 nitrogen and oxygen atoms in total. The molecule has 0 spiro atoms. The highest BCUT2D eigenvalue weighted by molar-refractivity contribution is 5.75. The summed E-state index contributed by atoms with van der Waals surface area (Å²) < 4.78 is 10.2. The van der Waals surface area contributed by atoms with Gasteiger partial charge in [0, 0.05) is 17.8 Å². The molecule has 2 aromatic heterocycles. The summed E-state index contributed by atoms with van der Waals surface area (Å²) in [7, 11) is 1.60. The fraction of sp³-hybridized carbons (Fsp3) is 0.167. The van der Waals surface area contributed by atoms with Crippen LogP contribution in [0.1, 0.15) is 23.0 Å². The van der Waals surface area contributed by atoms with E-state index < -0.39 is 6.04 Å². The Kier molecular flexibility index (Phi) is 5.26. The Morgan fingerprint density at radius 3 is 2.76 bits per heavy atom. The Hall–Kier alpha value is -3.35. The van der Waals surface area contributed by atoms with Crippen LogP contribution in [0.25, 0.3) is 0 Å². The van der Waals surface area contributed by atoms with E-state index in [1.54, 1.807) is 19.4 Å². The number of aromatic nitrogens is 2. The van der Waals surface area contributed by atoms with Crippen LogP contribution in [-0.4, -0.2) is 23.3 Å². The lowest BCUT2D eigenvalue weighted by atomic mass is 10.0. The van der Waals surface area contributed by atoms with Crippen molar-refractivity contribution < 1.29 is 14.1 Å². The monoisotopic (exact) mass is 338 g/mol. The Balaban J connectivity index is 1.80. The smallest absolute Gasteiger partial charge is 0.315 e. The number of amides is 2. The van der Waals surface area contributed by atoms with E-state index in [2.05, 4.69) is 20.8 Å². The number of carbonyl (C=O) groups is 1. The zero-order valence-corrected chi connectivity index (χ0v) is 13.7. The highest BCUT2D eigenvalue weighted by Gasteiger charge is 2.21. The highest BCUT2D eigenvalue weighted by Crippen LogP contribution is 2.28. The van der Waals surface area contributed by atoms with Crippen LogP contribution in [0.4, 0.5) is 4.79 Å². The normalized spacial score (nSPS) is 11.6. The lowest BCUT2D eigenvalue weighted by molar-refractivity contribution is 0.237. The number of hydrogen-bond acceptors (Lipinski definition) is 5. The van der Waals surface area contributed by atoms with Crippen LogP contribution < -0.4 is 15.4 Å². The summed E-state index contributed by atoms with van der Waals surface area (Å²) in [5, 5.41) is 9.45. The SMILES string of the molecule is COc1ccccc1C(NC(=O)NCc1ccon1)c1ccccn1. The van der Waals surface area contributed by atoms with Gasteiger partial charge in [0.25, 0.3) is 0 Å². The second kappa shape index (κ2) is 7.96. The van der Waals surface area contributed by atoms with Crippen molar-refractivity contribution in [3.8, 4) is 5.75 Å². The predicted molar refractivity (Wildman–Crippen MR) is 90.9 cm³/mol. The molecule has 0 aliphatic carbocycles. The second-order valence-electron chi connectivity index (χ2n) is 5.25. The molecule has 1 atom stereocenters. The van der Waals surface area contributed by atoms with Crippen molar-refractivity contribution in [1.29, 1.82) is 0 Å². The van der Waals surface area contributed by atoms with E-state index in [4.69, 9.17) is 9.26 Å². The maximum atomic E-state index is 12.3. The first-order chi connectivity index (χ1) is 12.3. The van der Waals surface area contributed by atoms with E-state index in [1.807, 2.05) is 42.5 Å². The van der Waals surface area contributed by atoms with Gasteiger partial charge in [-0.05, 0) is 18.2 Å². The third kappa shape index (κ3) is 4.14. The molecular formula is C18H18N4O3. The number of para-hydroxylation sites is 1. The van der Waals surface area contributed by atoms with Gasteiger partial charge in [-0.15, -0.1) is 0 Å². The number of ether oxygens (including phenoxy) is 1. The van der Waals surface area contributed by atoms with E-state index in [-0.39, 0.29) is 12.6 Å². The van der Waals surface area contributed by atoms with Gasteiger partial charge in [-0.3, -0.25) is 4.98 Å². The van der Waals surface area contributed by atoms with Crippen molar-refractivity contribution in [2.45, 2.75) is 12.6 Å². The van der Waals surface area contributed by atoms with Gasteiger partial charge in [0.05, 0.1) is 19.3 Å². The first kappa shape index (κ1) is 16.5. The number of rotatable bonds is 6. The molecule has 0 fully saturated rings. The molecule has 2 N–H and O–H groups in total. The van der Waals surface area contributed by atoms with E-state index in [1.165, 1.54) is 6.26 Å². The van der Waals surface area contributed by atoms with E-state index >= 15 is 0 Å². The molecule has 0 radical (unpaired) electrons. The molecule has 0 saturated carbocycles. The van der Waals surface area contributed by atoms with Crippen molar-refractivity contribution in [2.24, 2.45) is 0 Å². The number of benzene rings is 1. The molecule has 3 rings (SSSR count). The summed E-state index contributed by atoms with van der Waals surface area (Å²) in [5.41, 5.74) is 2.17. The second-order valence-corrected chi connectivity index (χ2v) is 5.25. The molecule has 2 heterocycles. The van der Waals surface area contributed by atoms with Crippen LogP contribution in [0.15, 0.2) is 65.5 Å². The number of methoxy groups -OCH3 is 1. The fourth-order valence-electron chi connectivity index (χ4n) is 2.44. The van der Waals surface area contributed by atoms with Crippen molar-refractivity contribution in [3.05, 3.63) is 77.9 Å². The van der Waals surface area contributed by atoms with Crippen LogP contribution in [0.3, 0.4) is 0 Å². The maximum Gasteiger partial charge on any atom is 0.315 e. The Morgan fingerprint density at radius 1 is 1.20 bits per heavy atom. The Bertz CT molecular complexity index is 806. The number of urea groups is 1. The number of nitrogens with one attached hydrogen (secondary N) is 2. The van der Waals surface area contributed by atoms with Crippen LogP contribution in [0.5, 0.6) is 5.75 Å². The molecule has 3 aromatic rings. The minimum Gasteiger partial charge on any atom is -0.496 e. The Labute approximate surface area is 145 Å². The third-order valence-electron chi connectivity index (χ3n) is 3.63. The zero-order valence-electron chi connectivity index (χ0n) is 13.7. The van der Waals surface area contributed by atoms with Gasteiger partial charge < -0.3 is 19.9 Å². The Morgan fingerprint density at radius 2 is 2.04 bits per heavy atom. The third-order valence-corrected chi connectivity index (χ3v) is 3.63. The summed E-state index contributed by atoms with van der Waals surface area (Å²) in [6, 6.07) is 14.0. The number of pyridine rings is 1. The average molecular weight is 338 g/mol. The van der Waals surface area contributed by atoms with Crippen LogP contribution in [0.2, 0.25) is 0 Å². The summed E-state index contributed by atoms with van der Waals surface area (Å²) in [5.74, 6) is 0.676. The van der Waals surface area contributed by atoms with Gasteiger partial charge in [0.15, 0.2) is 0 Å². The largest absolute Gasteiger partial charge is 0.496 e. The molecule has 0 bridgehead atoms. The molecule has 2 amide bonds. The quantitative estimate of drug-likeness (QED) is 0.721. The fourth-order valence-corrected chi connectivity index (χ4v) is 2.44. The van der Waals surface area contributed by atoms with Crippen molar-refractivity contribution >= 4 is 6.03 Å². The van der Waals surface area contributed by atoms with Gasteiger partial charge in [-0.1, -0.05) is 29.4 Å². The maximum absolute atomic E-state index is 12.3. The molecule has 1 unspecified atom stereocenters. The molecular weight excluding hydrogens is 320 g/mol. The molecule has 0 aliphatic heterocycles. The van der Waals surface area contributed by atoms with Crippen LogP contribution >= 0.6 is 0 Å². The predicted octanol–water partition coefficient (Wildman–Crippen LogP) is 2.67. The van der Waals surface area contributed by atoms with Gasteiger partial charge in [-0.25, -0.2) is 4.79 Å². The summed E-state index contributed by atoms with van der Waals surface area (Å²) in [4.78, 5) is 16.7. The summed E-state index contributed by atoms with van der Waals surface area (Å²) >= 11 is 0. The van der Waals surface area contributed by atoms with Crippen LogP contribution in [-0.2, 0) is 6.54 Å². The van der Waals surface area contributed by atoms with E-state index in [0.717, 1.165) is 5.56 Å². The molecule has 0 aliphatic rings. The number of nitrogens with zero attached hydrogens (tertiary/aromatic N) is 2. The van der Waals surface area contributed by atoms with Crippen molar-refractivity contribution in [2.75, 3.05) is 7.11 Å². The molecule has 128 valence electrons. The molecule has 0 saturated heterocycles. The number of carbonyl (C=O) groups excluding carboxylic acids is 1. The first-order valence-corrected chi connectivity index (χ1v) is 7.75.